The lowest BCUT2D eigenvalue weighted by molar-refractivity contribution is -0.141. The molecule has 0 aliphatic carbocycles. The van der Waals surface area contributed by atoms with Gasteiger partial charge in [0.1, 0.15) is 0 Å². The molecule has 2 aliphatic rings. The van der Waals surface area contributed by atoms with Gasteiger partial charge in [0.05, 0.1) is 19.3 Å². The fourth-order valence-electron chi connectivity index (χ4n) is 4.81. The molecule has 2 saturated heterocycles. The van der Waals surface area contributed by atoms with Crippen LogP contribution in [-0.2, 0) is 25.6 Å². The number of nitrogens with one attached hydrogen (secondary N) is 3. The molecule has 12 heteroatoms. The molecule has 0 spiro atoms. The Labute approximate surface area is 233 Å². The summed E-state index contributed by atoms with van der Waals surface area (Å²) in [7, 11) is 0. The average Bonchev–Trinajstić information content (AvgIpc) is 3.41. The number of aromatic nitrogens is 4. The highest BCUT2D eigenvalue weighted by atomic mass is 16.5. The summed E-state index contributed by atoms with van der Waals surface area (Å²) in [6.07, 6.45) is 4.15. The molecule has 0 radical (unpaired) electrons. The molecule has 12 nitrogen and oxygen atoms in total. The molecule has 1 unspecified atom stereocenters. The molecule has 1 atom stereocenters. The van der Waals surface area contributed by atoms with Crippen LogP contribution < -0.4 is 16.0 Å². The van der Waals surface area contributed by atoms with Crippen molar-refractivity contribution in [2.45, 2.75) is 51.3 Å². The molecular weight excluding hydrogens is 512 g/mol. The Bertz CT molecular complexity index is 1370. The number of amides is 2. The summed E-state index contributed by atoms with van der Waals surface area (Å²) >= 11 is 0. The van der Waals surface area contributed by atoms with Crippen molar-refractivity contribution in [3.05, 3.63) is 54.2 Å². The van der Waals surface area contributed by atoms with Crippen LogP contribution in [0.15, 0.2) is 43.1 Å². The van der Waals surface area contributed by atoms with Crippen molar-refractivity contribution in [2.24, 2.45) is 0 Å². The molecule has 5 rings (SSSR count). The Hall–Kier alpha value is -4.03. The van der Waals surface area contributed by atoms with E-state index in [0.717, 1.165) is 42.8 Å². The van der Waals surface area contributed by atoms with Crippen molar-refractivity contribution in [1.82, 2.24) is 24.5 Å². The average molecular weight is 549 g/mol. The fourth-order valence-corrected chi connectivity index (χ4v) is 4.81. The number of fused-ring (bicyclic) bond motifs is 1. The third-order valence-electron chi connectivity index (χ3n) is 7.06. The number of carbonyl (C=O) groups is 2. The minimum Gasteiger partial charge on any atom is -0.381 e. The smallest absolute Gasteiger partial charge is 0.255 e. The molecule has 0 bridgehead atoms. The summed E-state index contributed by atoms with van der Waals surface area (Å²) in [6, 6.07) is 7.80. The first kappa shape index (κ1) is 27.5. The third kappa shape index (κ3) is 6.40. The van der Waals surface area contributed by atoms with Crippen molar-refractivity contribution in [1.29, 1.82) is 0 Å². The van der Waals surface area contributed by atoms with Gasteiger partial charge in [-0.05, 0) is 42.5 Å². The summed E-state index contributed by atoms with van der Waals surface area (Å²) in [5.41, 5.74) is 3.38. The lowest BCUT2D eigenvalue weighted by Gasteiger charge is -2.31. The number of carbonyl (C=O) groups excluding carboxylic acids is 2. The van der Waals surface area contributed by atoms with Crippen LogP contribution >= 0.6 is 0 Å². The van der Waals surface area contributed by atoms with Crippen LogP contribution in [0.1, 0.15) is 43.7 Å². The molecule has 3 aromatic rings. The molecule has 2 aliphatic heterocycles. The van der Waals surface area contributed by atoms with Crippen molar-refractivity contribution in [3.8, 4) is 0 Å². The predicted molar refractivity (Wildman–Crippen MR) is 151 cm³/mol. The summed E-state index contributed by atoms with van der Waals surface area (Å²) in [5, 5.41) is 14.3. The highest BCUT2D eigenvalue weighted by Crippen LogP contribution is 2.24. The van der Waals surface area contributed by atoms with Gasteiger partial charge in [-0.1, -0.05) is 32.6 Å². The lowest BCUT2D eigenvalue weighted by Crippen LogP contribution is -2.49. The van der Waals surface area contributed by atoms with E-state index in [1.807, 2.05) is 30.5 Å². The second-order valence-electron chi connectivity index (χ2n) is 10.3. The number of hydrogen-bond donors (Lipinski definition) is 3. The molecule has 2 fully saturated rings. The number of nitrogens with zero attached hydrogens (tertiary/aromatic N) is 5. The zero-order valence-electron chi connectivity index (χ0n) is 22.9. The van der Waals surface area contributed by atoms with Gasteiger partial charge in [-0.25, -0.2) is 0 Å². The van der Waals surface area contributed by atoms with E-state index in [0.29, 0.717) is 37.3 Å². The lowest BCUT2D eigenvalue weighted by atomic mass is 10.1. The van der Waals surface area contributed by atoms with Crippen LogP contribution in [0.5, 0.6) is 0 Å². The van der Waals surface area contributed by atoms with E-state index in [9.17, 15) is 9.59 Å². The zero-order chi connectivity index (χ0) is 28.1. The highest BCUT2D eigenvalue weighted by Gasteiger charge is 2.28. The van der Waals surface area contributed by atoms with E-state index in [1.54, 1.807) is 9.42 Å². The van der Waals surface area contributed by atoms with Gasteiger partial charge in [0.2, 0.25) is 17.8 Å². The second kappa shape index (κ2) is 12.4. The van der Waals surface area contributed by atoms with Gasteiger partial charge in [0, 0.05) is 43.6 Å². The van der Waals surface area contributed by atoms with Gasteiger partial charge >= 0.3 is 0 Å². The summed E-state index contributed by atoms with van der Waals surface area (Å²) < 4.78 is 12.8. The second-order valence-corrected chi connectivity index (χ2v) is 10.3. The largest absolute Gasteiger partial charge is 0.381 e. The van der Waals surface area contributed by atoms with E-state index in [1.165, 1.54) is 6.08 Å². The molecule has 212 valence electrons. The molecule has 1 aromatic carbocycles. The third-order valence-corrected chi connectivity index (χ3v) is 7.06. The number of ether oxygens (including phenoxy) is 2. The molecule has 40 heavy (non-hydrogen) atoms. The molecule has 0 saturated carbocycles. The Morgan fingerprint density at radius 1 is 1.20 bits per heavy atom. The first-order chi connectivity index (χ1) is 19.4. The normalized spacial score (nSPS) is 18.1. The number of benzene rings is 1. The Morgan fingerprint density at radius 2 is 2.02 bits per heavy atom. The minimum atomic E-state index is -0.745. The summed E-state index contributed by atoms with van der Waals surface area (Å²) in [5.74, 6) is 0.874. The van der Waals surface area contributed by atoms with Crippen LogP contribution in [0, 0.1) is 0 Å². The molecule has 4 heterocycles. The maximum absolute atomic E-state index is 12.9. The van der Waals surface area contributed by atoms with Gasteiger partial charge in [-0.3, -0.25) is 9.59 Å². The van der Waals surface area contributed by atoms with Crippen LogP contribution in [0.4, 0.5) is 17.6 Å². The van der Waals surface area contributed by atoms with Crippen LogP contribution in [0.3, 0.4) is 0 Å². The summed E-state index contributed by atoms with van der Waals surface area (Å²) in [6.45, 7) is 10.6. The number of hydrogen-bond acceptors (Lipinski definition) is 9. The molecule has 2 aromatic heterocycles. The van der Waals surface area contributed by atoms with E-state index >= 15 is 0 Å². The predicted octanol–water partition coefficient (Wildman–Crippen LogP) is 2.80. The van der Waals surface area contributed by atoms with E-state index in [2.05, 4.69) is 41.5 Å². The Morgan fingerprint density at radius 3 is 2.80 bits per heavy atom. The van der Waals surface area contributed by atoms with Crippen molar-refractivity contribution >= 4 is 35.0 Å². The van der Waals surface area contributed by atoms with Gasteiger partial charge in [0.15, 0.2) is 11.8 Å². The van der Waals surface area contributed by atoms with Crippen LogP contribution in [0.2, 0.25) is 0 Å². The molecule has 3 N–H and O–H groups in total. The van der Waals surface area contributed by atoms with Crippen LogP contribution in [0.25, 0.3) is 5.65 Å². The van der Waals surface area contributed by atoms with Crippen molar-refractivity contribution in [2.75, 3.05) is 48.9 Å². The molecule has 2 amide bonds. The monoisotopic (exact) mass is 548 g/mol. The number of rotatable bonds is 9. The number of morpholine rings is 1. The van der Waals surface area contributed by atoms with E-state index < -0.39 is 6.10 Å². The fraction of sp³-hybridized carbons (Fsp3) is 0.464. The Kier molecular flexibility index (Phi) is 8.56. The minimum absolute atomic E-state index is 0.189. The van der Waals surface area contributed by atoms with Crippen LogP contribution in [-0.4, -0.2) is 81.4 Å². The number of anilines is 3. The van der Waals surface area contributed by atoms with Crippen molar-refractivity contribution < 1.29 is 19.1 Å². The van der Waals surface area contributed by atoms with Gasteiger partial charge in [-0.2, -0.15) is 19.6 Å². The van der Waals surface area contributed by atoms with E-state index in [-0.39, 0.29) is 30.3 Å². The SMILES string of the molecule is C=CC(=O)N1CCOC(C(=O)Nc2cccc(CNc3nc(NC4CCOCC4)nc4c(C(C)C)cnn34)c2)C1. The standard InChI is InChI=1S/C28H36N8O4/c1-4-24(37)35-10-13-40-23(17-35)26(38)31-21-7-5-6-19(14-21)15-29-28-34-27(32-20-8-11-39-12-9-20)33-25-22(18(2)3)16-30-36(25)28/h4-7,14,16,18,20,23H,1,8-13,15,17H2,2-3H3,(H,31,38)(H2,29,32,33,34). The van der Waals surface area contributed by atoms with Gasteiger partial charge in [0.25, 0.3) is 5.91 Å². The quantitative estimate of drug-likeness (QED) is 0.345. The zero-order valence-corrected chi connectivity index (χ0v) is 22.9. The molecular formula is C28H36N8O4. The van der Waals surface area contributed by atoms with Gasteiger partial charge < -0.3 is 30.3 Å². The van der Waals surface area contributed by atoms with Gasteiger partial charge in [-0.15, -0.1) is 0 Å². The summed E-state index contributed by atoms with van der Waals surface area (Å²) in [4.78, 5) is 35.9. The first-order valence-electron chi connectivity index (χ1n) is 13.7. The Balaban J connectivity index is 1.29. The maximum Gasteiger partial charge on any atom is 0.255 e. The maximum atomic E-state index is 12.9. The first-order valence-corrected chi connectivity index (χ1v) is 13.7. The highest BCUT2D eigenvalue weighted by molar-refractivity contribution is 5.95. The van der Waals surface area contributed by atoms with E-state index in [4.69, 9.17) is 19.4 Å². The van der Waals surface area contributed by atoms with Crippen molar-refractivity contribution in [3.63, 3.8) is 0 Å². The topological polar surface area (TPSA) is 135 Å².